The van der Waals surface area contributed by atoms with E-state index >= 15 is 0 Å². The molecular weight excluding hydrogens is 727 g/mol. The molecule has 0 atom stereocenters. The lowest BCUT2D eigenvalue weighted by atomic mass is 9.67. The van der Waals surface area contributed by atoms with Crippen LogP contribution >= 0.6 is 0 Å². The second kappa shape index (κ2) is 13.0. The summed E-state index contributed by atoms with van der Waals surface area (Å²) in [5.74, 6) is 0. The lowest BCUT2D eigenvalue weighted by Gasteiger charge is -2.35. The molecule has 0 unspecified atom stereocenters. The van der Waals surface area contributed by atoms with E-state index in [9.17, 15) is 0 Å². The van der Waals surface area contributed by atoms with E-state index in [4.69, 9.17) is 4.42 Å². The van der Waals surface area contributed by atoms with Crippen LogP contribution in [0.4, 0.5) is 17.1 Å². The van der Waals surface area contributed by atoms with Crippen LogP contribution in [0.2, 0.25) is 0 Å². The van der Waals surface area contributed by atoms with Gasteiger partial charge in [-0.3, -0.25) is 0 Å². The number of furan rings is 1. The van der Waals surface area contributed by atoms with Gasteiger partial charge in [0.1, 0.15) is 11.2 Å². The predicted octanol–water partition coefficient (Wildman–Crippen LogP) is 15.4. The Balaban J connectivity index is 1.11. The van der Waals surface area contributed by atoms with Gasteiger partial charge in [-0.25, -0.2) is 0 Å². The number of fused-ring (bicyclic) bond motifs is 9. The summed E-state index contributed by atoms with van der Waals surface area (Å²) in [7, 11) is 0. The molecule has 0 N–H and O–H groups in total. The van der Waals surface area contributed by atoms with E-state index in [1.165, 1.54) is 55.6 Å². The fourth-order valence-electron chi connectivity index (χ4n) is 10.7. The van der Waals surface area contributed by atoms with Crippen LogP contribution in [0, 0.1) is 0 Å². The normalized spacial score (nSPS) is 14.1. The van der Waals surface area contributed by atoms with E-state index < -0.39 is 5.41 Å². The molecule has 2 heteroatoms. The van der Waals surface area contributed by atoms with Crippen LogP contribution in [0.3, 0.4) is 0 Å². The molecule has 0 aliphatic heterocycles. The average Bonchev–Trinajstić information content (AvgIpc) is 3.91. The molecule has 1 aromatic heterocycles. The third-order valence-electron chi connectivity index (χ3n) is 13.4. The maximum Gasteiger partial charge on any atom is 0.143 e. The minimum absolute atomic E-state index is 0.141. The molecule has 2 aliphatic rings. The van der Waals surface area contributed by atoms with Crippen LogP contribution in [0.5, 0.6) is 0 Å². The second-order valence-electron chi connectivity index (χ2n) is 16.8. The summed E-state index contributed by atoms with van der Waals surface area (Å²) in [6.45, 7) is 4.72. The zero-order valence-corrected chi connectivity index (χ0v) is 33.6. The standard InChI is InChI=1S/C58H41NO/c1-57(2)49-26-12-10-23-48(49)55-51(57)28-16-29-53(55)59(41-33-31-38(32-34-41)43-24-15-25-47-46-22-11-14-30-54(46)60-56(43)47)42-35-36-45-44-21-9-13-27-50(44)58(52(45)37-42,39-17-5-3-6-18-39)40-19-7-4-8-20-40/h3-37H,1-2H3. The first-order valence-electron chi connectivity index (χ1n) is 20.9. The van der Waals surface area contributed by atoms with Crippen LogP contribution in [0.1, 0.15) is 47.2 Å². The number of nitrogens with zero attached hydrogens (tertiary/aromatic N) is 1. The van der Waals surface area contributed by atoms with Crippen molar-refractivity contribution in [1.29, 1.82) is 0 Å². The summed E-state index contributed by atoms with van der Waals surface area (Å²) in [5.41, 5.74) is 19.7. The highest BCUT2D eigenvalue weighted by atomic mass is 16.3. The van der Waals surface area contributed by atoms with E-state index in [0.29, 0.717) is 0 Å². The molecule has 12 rings (SSSR count). The number of benzene rings is 9. The number of rotatable bonds is 6. The molecule has 2 aliphatic carbocycles. The van der Waals surface area contributed by atoms with Gasteiger partial charge in [-0.2, -0.15) is 0 Å². The Morgan fingerprint density at radius 1 is 0.400 bits per heavy atom. The largest absolute Gasteiger partial charge is 0.455 e. The van der Waals surface area contributed by atoms with Crippen molar-refractivity contribution < 1.29 is 4.42 Å². The minimum atomic E-state index is -0.515. The molecule has 60 heavy (non-hydrogen) atoms. The number of para-hydroxylation sites is 2. The number of hydrogen-bond acceptors (Lipinski definition) is 2. The third-order valence-corrected chi connectivity index (χ3v) is 13.4. The van der Waals surface area contributed by atoms with Gasteiger partial charge < -0.3 is 9.32 Å². The van der Waals surface area contributed by atoms with Crippen molar-refractivity contribution in [3.05, 3.63) is 246 Å². The fourth-order valence-corrected chi connectivity index (χ4v) is 10.7. The summed E-state index contributed by atoms with van der Waals surface area (Å²) in [5, 5.41) is 2.27. The smallest absolute Gasteiger partial charge is 0.143 e. The van der Waals surface area contributed by atoms with Crippen molar-refractivity contribution in [2.24, 2.45) is 0 Å². The molecule has 0 saturated heterocycles. The number of anilines is 3. The van der Waals surface area contributed by atoms with Gasteiger partial charge in [-0.05, 0) is 92.0 Å². The SMILES string of the molecule is CC1(C)c2ccccc2-c2c(N(c3ccc(-c4cccc5c4oc4ccccc45)cc3)c3ccc4c(c3)C(c3ccccc3)(c3ccccc3)c3ccccc3-4)cccc21. The van der Waals surface area contributed by atoms with E-state index in [-0.39, 0.29) is 5.41 Å². The Bertz CT molecular complexity index is 3240. The summed E-state index contributed by atoms with van der Waals surface area (Å²) in [4.78, 5) is 2.49. The van der Waals surface area contributed by atoms with Gasteiger partial charge in [0.15, 0.2) is 0 Å². The molecule has 0 saturated carbocycles. The molecule has 0 fully saturated rings. The zero-order valence-electron chi connectivity index (χ0n) is 33.6. The van der Waals surface area contributed by atoms with Gasteiger partial charge in [0.25, 0.3) is 0 Å². The summed E-state index contributed by atoms with van der Waals surface area (Å²) in [6, 6.07) is 78.0. The van der Waals surface area contributed by atoms with E-state index in [0.717, 1.165) is 50.1 Å². The van der Waals surface area contributed by atoms with Crippen molar-refractivity contribution in [3.8, 4) is 33.4 Å². The van der Waals surface area contributed by atoms with Gasteiger partial charge in [-0.1, -0.05) is 190 Å². The second-order valence-corrected chi connectivity index (χ2v) is 16.8. The first-order valence-corrected chi connectivity index (χ1v) is 20.9. The van der Waals surface area contributed by atoms with Crippen LogP contribution in [-0.2, 0) is 10.8 Å². The molecule has 9 aromatic carbocycles. The average molecular weight is 768 g/mol. The Labute approximate surface area is 350 Å². The van der Waals surface area contributed by atoms with Gasteiger partial charge >= 0.3 is 0 Å². The zero-order chi connectivity index (χ0) is 40.0. The third kappa shape index (κ3) is 4.82. The molecule has 2 nitrogen and oxygen atoms in total. The maximum absolute atomic E-state index is 6.51. The Kier molecular flexibility index (Phi) is 7.52. The first kappa shape index (κ1) is 34.6. The highest BCUT2D eigenvalue weighted by Crippen LogP contribution is 2.59. The predicted molar refractivity (Wildman–Crippen MR) is 249 cm³/mol. The van der Waals surface area contributed by atoms with Gasteiger partial charge in [-0.15, -0.1) is 0 Å². The monoisotopic (exact) mass is 767 g/mol. The molecule has 0 radical (unpaired) electrons. The van der Waals surface area contributed by atoms with Gasteiger partial charge in [0, 0.05) is 38.7 Å². The highest BCUT2D eigenvalue weighted by molar-refractivity contribution is 6.09. The van der Waals surface area contributed by atoms with E-state index in [1.807, 2.05) is 6.07 Å². The summed E-state index contributed by atoms with van der Waals surface area (Å²) in [6.07, 6.45) is 0. The molecule has 0 spiro atoms. The molecule has 0 bridgehead atoms. The Morgan fingerprint density at radius 3 is 1.73 bits per heavy atom. The van der Waals surface area contributed by atoms with Crippen molar-refractivity contribution in [2.45, 2.75) is 24.7 Å². The van der Waals surface area contributed by atoms with Gasteiger partial charge in [0.2, 0.25) is 0 Å². The van der Waals surface area contributed by atoms with Crippen LogP contribution in [-0.4, -0.2) is 0 Å². The molecule has 1 heterocycles. The highest BCUT2D eigenvalue weighted by Gasteiger charge is 2.46. The lowest BCUT2D eigenvalue weighted by Crippen LogP contribution is -2.28. The Hall–Kier alpha value is -7.42. The summed E-state index contributed by atoms with van der Waals surface area (Å²) < 4.78 is 6.51. The van der Waals surface area contributed by atoms with E-state index in [2.05, 4.69) is 225 Å². The van der Waals surface area contributed by atoms with Crippen LogP contribution in [0.25, 0.3) is 55.3 Å². The molecule has 10 aromatic rings. The summed E-state index contributed by atoms with van der Waals surface area (Å²) >= 11 is 0. The Morgan fingerprint density at radius 2 is 0.967 bits per heavy atom. The molecule has 0 amide bonds. The molecular formula is C58H41NO. The number of hydrogen-bond donors (Lipinski definition) is 0. The van der Waals surface area contributed by atoms with Crippen molar-refractivity contribution in [1.82, 2.24) is 0 Å². The lowest BCUT2D eigenvalue weighted by molar-refractivity contribution is 0.660. The van der Waals surface area contributed by atoms with Crippen molar-refractivity contribution >= 4 is 39.0 Å². The van der Waals surface area contributed by atoms with Gasteiger partial charge in [0.05, 0.1) is 11.1 Å². The maximum atomic E-state index is 6.51. The van der Waals surface area contributed by atoms with Crippen molar-refractivity contribution in [2.75, 3.05) is 4.90 Å². The fraction of sp³-hybridized carbons (Fsp3) is 0.0690. The quantitative estimate of drug-likeness (QED) is 0.168. The van der Waals surface area contributed by atoms with Crippen LogP contribution < -0.4 is 4.90 Å². The topological polar surface area (TPSA) is 16.4 Å². The first-order chi connectivity index (χ1) is 29.5. The van der Waals surface area contributed by atoms with Crippen molar-refractivity contribution in [3.63, 3.8) is 0 Å². The van der Waals surface area contributed by atoms with Crippen LogP contribution in [0.15, 0.2) is 217 Å². The van der Waals surface area contributed by atoms with E-state index in [1.54, 1.807) is 0 Å². The molecule has 284 valence electrons. The minimum Gasteiger partial charge on any atom is -0.455 e.